The molecule has 0 aromatic heterocycles. The second kappa shape index (κ2) is 5.07. The fourth-order valence-electron chi connectivity index (χ4n) is 1.81. The summed E-state index contributed by atoms with van der Waals surface area (Å²) in [5, 5.41) is 0. The number of nitrogens with zero attached hydrogens (tertiary/aromatic N) is 1. The minimum atomic E-state index is -4.51. The van der Waals surface area contributed by atoms with Gasteiger partial charge in [-0.15, -0.1) is 0 Å². The van der Waals surface area contributed by atoms with E-state index in [-0.39, 0.29) is 17.9 Å². The van der Waals surface area contributed by atoms with Crippen LogP contribution in [-0.2, 0) is 15.7 Å². The van der Waals surface area contributed by atoms with Gasteiger partial charge >= 0.3 is 12.1 Å². The fourth-order valence-corrected chi connectivity index (χ4v) is 1.81. The first-order valence-corrected chi connectivity index (χ1v) is 5.81. The van der Waals surface area contributed by atoms with Gasteiger partial charge in [0, 0.05) is 11.8 Å². The zero-order valence-corrected chi connectivity index (χ0v) is 10.4. The Morgan fingerprint density at radius 2 is 2.10 bits per heavy atom. The summed E-state index contributed by atoms with van der Waals surface area (Å²) in [6.07, 6.45) is -3.49. The summed E-state index contributed by atoms with van der Waals surface area (Å²) in [5.41, 5.74) is -1.00. The van der Waals surface area contributed by atoms with Crippen molar-refractivity contribution in [2.45, 2.75) is 13.1 Å². The summed E-state index contributed by atoms with van der Waals surface area (Å²) in [5.74, 6) is -2.56. The Balaban J connectivity index is 2.36. The van der Waals surface area contributed by atoms with Gasteiger partial charge in [-0.1, -0.05) is 0 Å². The Morgan fingerprint density at radius 3 is 2.70 bits per heavy atom. The smallest absolute Gasteiger partial charge is 0.416 e. The highest BCUT2D eigenvalue weighted by molar-refractivity contribution is 6.22. The summed E-state index contributed by atoms with van der Waals surface area (Å²) in [4.78, 5) is 27.3. The molecule has 1 aromatic rings. The highest BCUT2D eigenvalue weighted by atomic mass is 19.4. The van der Waals surface area contributed by atoms with Gasteiger partial charge in [0.25, 0.3) is 0 Å². The molecule has 0 spiro atoms. The van der Waals surface area contributed by atoms with Gasteiger partial charge in [0.05, 0.1) is 17.9 Å². The third-order valence-electron chi connectivity index (χ3n) is 2.78. The molecule has 0 bridgehead atoms. The zero-order chi connectivity index (χ0) is 14.9. The molecule has 0 fully saturated rings. The van der Waals surface area contributed by atoms with E-state index in [1.807, 2.05) is 0 Å². The first-order chi connectivity index (χ1) is 9.34. The van der Waals surface area contributed by atoms with Crippen molar-refractivity contribution in [2.24, 2.45) is 10.9 Å². The molecule has 0 N–H and O–H groups in total. The average Bonchev–Trinajstić information content (AvgIpc) is 2.38. The Hall–Kier alpha value is -2.18. The van der Waals surface area contributed by atoms with Crippen molar-refractivity contribution < 1.29 is 27.5 Å². The van der Waals surface area contributed by atoms with E-state index in [4.69, 9.17) is 4.74 Å². The number of benzene rings is 1. The fraction of sp³-hybridized carbons (Fsp3) is 0.308. The molecule has 0 radical (unpaired) electrons. The van der Waals surface area contributed by atoms with E-state index in [1.54, 1.807) is 6.92 Å². The predicted molar refractivity (Wildman–Crippen MR) is 64.0 cm³/mol. The molecule has 1 aromatic carbocycles. The SMILES string of the molecule is CCOC(=O)C1C=Nc2cc(C(F)(F)F)ccc2C1=O. The molecule has 1 heterocycles. The number of rotatable bonds is 2. The molecule has 106 valence electrons. The average molecular weight is 285 g/mol. The lowest BCUT2D eigenvalue weighted by Crippen LogP contribution is -2.29. The second-order valence-corrected chi connectivity index (χ2v) is 4.10. The molecule has 2 rings (SSSR count). The Kier molecular flexibility index (Phi) is 3.61. The number of esters is 1. The van der Waals surface area contributed by atoms with Crippen molar-refractivity contribution in [2.75, 3.05) is 6.61 Å². The number of hydrogen-bond donors (Lipinski definition) is 0. The molecule has 1 aliphatic heterocycles. The summed E-state index contributed by atoms with van der Waals surface area (Å²) in [7, 11) is 0. The number of fused-ring (bicyclic) bond motifs is 1. The summed E-state index contributed by atoms with van der Waals surface area (Å²) in [6, 6.07) is 2.61. The van der Waals surface area contributed by atoms with Crippen LogP contribution in [0, 0.1) is 5.92 Å². The third kappa shape index (κ3) is 2.56. The van der Waals surface area contributed by atoms with Crippen LogP contribution in [0.4, 0.5) is 18.9 Å². The van der Waals surface area contributed by atoms with Crippen LogP contribution in [0.15, 0.2) is 23.2 Å². The summed E-state index contributed by atoms with van der Waals surface area (Å²) in [6.45, 7) is 1.70. The molecule has 0 saturated carbocycles. The highest BCUT2D eigenvalue weighted by Gasteiger charge is 2.35. The first kappa shape index (κ1) is 14.2. The monoisotopic (exact) mass is 285 g/mol. The van der Waals surface area contributed by atoms with Crippen LogP contribution in [-0.4, -0.2) is 24.6 Å². The molecule has 0 amide bonds. The van der Waals surface area contributed by atoms with Crippen molar-refractivity contribution in [3.63, 3.8) is 0 Å². The van der Waals surface area contributed by atoms with Crippen LogP contribution in [0.5, 0.6) is 0 Å². The number of halogens is 3. The maximum atomic E-state index is 12.5. The number of Topliss-reactive ketones (excluding diaryl/α,β-unsaturated/α-hetero) is 1. The molecule has 0 aliphatic carbocycles. The molecule has 1 aliphatic rings. The number of hydrogen-bond acceptors (Lipinski definition) is 4. The van der Waals surface area contributed by atoms with Crippen molar-refractivity contribution >= 4 is 23.7 Å². The maximum absolute atomic E-state index is 12.5. The molecule has 0 saturated heterocycles. The van der Waals surface area contributed by atoms with Crippen molar-refractivity contribution in [1.82, 2.24) is 0 Å². The largest absolute Gasteiger partial charge is 0.465 e. The number of carbonyl (C=O) groups is 2. The Labute approximate surface area is 112 Å². The van der Waals surface area contributed by atoms with Gasteiger partial charge in [-0.25, -0.2) is 0 Å². The lowest BCUT2D eigenvalue weighted by Gasteiger charge is -2.17. The van der Waals surface area contributed by atoms with Crippen LogP contribution < -0.4 is 0 Å². The summed E-state index contributed by atoms with van der Waals surface area (Å²) < 4.78 is 42.4. The number of ether oxygens (including phenoxy) is 1. The van der Waals surface area contributed by atoms with Gasteiger partial charge < -0.3 is 4.74 Å². The lowest BCUT2D eigenvalue weighted by atomic mass is 9.93. The van der Waals surface area contributed by atoms with Gasteiger partial charge in [-0.05, 0) is 25.1 Å². The van der Waals surface area contributed by atoms with E-state index in [2.05, 4.69) is 4.99 Å². The van der Waals surface area contributed by atoms with Gasteiger partial charge in [0.15, 0.2) is 11.7 Å². The van der Waals surface area contributed by atoms with Gasteiger partial charge in [-0.2, -0.15) is 13.2 Å². The Morgan fingerprint density at radius 1 is 1.40 bits per heavy atom. The molecular weight excluding hydrogens is 275 g/mol. The van der Waals surface area contributed by atoms with E-state index < -0.39 is 29.4 Å². The van der Waals surface area contributed by atoms with E-state index in [1.165, 1.54) is 0 Å². The van der Waals surface area contributed by atoms with E-state index in [9.17, 15) is 22.8 Å². The molecule has 1 unspecified atom stereocenters. The summed E-state index contributed by atoms with van der Waals surface area (Å²) >= 11 is 0. The topological polar surface area (TPSA) is 55.7 Å². The lowest BCUT2D eigenvalue weighted by molar-refractivity contribution is -0.144. The van der Waals surface area contributed by atoms with Crippen LogP contribution >= 0.6 is 0 Å². The standard InChI is InChI=1S/C13H10F3NO3/c1-2-20-12(19)9-6-17-10-5-7(13(14,15)16)3-4-8(10)11(9)18/h3-6,9H,2H2,1H3. The van der Waals surface area contributed by atoms with Crippen LogP contribution in [0.25, 0.3) is 0 Å². The molecule has 20 heavy (non-hydrogen) atoms. The zero-order valence-electron chi connectivity index (χ0n) is 10.4. The normalized spacial score (nSPS) is 17.8. The van der Waals surface area contributed by atoms with Crippen LogP contribution in [0.1, 0.15) is 22.8 Å². The maximum Gasteiger partial charge on any atom is 0.416 e. The van der Waals surface area contributed by atoms with Crippen molar-refractivity contribution in [1.29, 1.82) is 0 Å². The van der Waals surface area contributed by atoms with E-state index in [0.29, 0.717) is 0 Å². The van der Waals surface area contributed by atoms with Gasteiger partial charge in [-0.3, -0.25) is 14.6 Å². The molecule has 4 nitrogen and oxygen atoms in total. The van der Waals surface area contributed by atoms with E-state index in [0.717, 1.165) is 24.4 Å². The second-order valence-electron chi connectivity index (χ2n) is 4.10. The number of carbonyl (C=O) groups excluding carboxylic acids is 2. The molecule has 1 atom stereocenters. The minimum absolute atomic E-state index is 0.0152. The van der Waals surface area contributed by atoms with Crippen molar-refractivity contribution in [3.05, 3.63) is 29.3 Å². The molecular formula is C13H10F3NO3. The third-order valence-corrected chi connectivity index (χ3v) is 2.78. The van der Waals surface area contributed by atoms with Gasteiger partial charge in [0.1, 0.15) is 0 Å². The number of aliphatic imine (C=N–C) groups is 1. The number of alkyl halides is 3. The van der Waals surface area contributed by atoms with Crippen LogP contribution in [0.3, 0.4) is 0 Å². The predicted octanol–water partition coefficient (Wildman–Crippen LogP) is 2.78. The minimum Gasteiger partial charge on any atom is -0.465 e. The van der Waals surface area contributed by atoms with E-state index >= 15 is 0 Å². The van der Waals surface area contributed by atoms with Crippen molar-refractivity contribution in [3.8, 4) is 0 Å². The highest BCUT2D eigenvalue weighted by Crippen LogP contribution is 2.35. The quantitative estimate of drug-likeness (QED) is 0.620. The first-order valence-electron chi connectivity index (χ1n) is 5.81. The Bertz CT molecular complexity index is 593. The van der Waals surface area contributed by atoms with Gasteiger partial charge in [0.2, 0.25) is 0 Å². The van der Waals surface area contributed by atoms with Crippen LogP contribution in [0.2, 0.25) is 0 Å². The molecule has 7 heteroatoms. The number of ketones is 1.